The van der Waals surface area contributed by atoms with Gasteiger partial charge in [0.1, 0.15) is 29.5 Å². The van der Waals surface area contributed by atoms with Gasteiger partial charge in [-0.3, -0.25) is 14.4 Å². The van der Waals surface area contributed by atoms with Crippen LogP contribution in [0.5, 0.6) is 17.2 Å². The highest BCUT2D eigenvalue weighted by atomic mass is 35.5. The van der Waals surface area contributed by atoms with Gasteiger partial charge >= 0.3 is 7.82 Å². The summed E-state index contributed by atoms with van der Waals surface area (Å²) in [5.41, 5.74) is 2.37. The van der Waals surface area contributed by atoms with Gasteiger partial charge in [-0.05, 0) is 13.0 Å². The smallest absolute Gasteiger partial charge is 0.466 e. The van der Waals surface area contributed by atoms with Gasteiger partial charge in [0.15, 0.2) is 17.9 Å². The number of rotatable bonds is 5. The molecule has 0 saturated carbocycles. The molecule has 0 radical (unpaired) electrons. The Labute approximate surface area is 261 Å². The maximum Gasteiger partial charge on any atom is 0.466 e. The lowest BCUT2D eigenvalue weighted by atomic mass is 9.72. The number of halogens is 1. The number of Topliss-reactive ketones (excluding diaryl/α,β-unsaturated/α-hetero) is 1. The summed E-state index contributed by atoms with van der Waals surface area (Å²) in [7, 11) is -3.32. The second kappa shape index (κ2) is 13.4. The molecule has 10 N–H and O–H groups in total. The zero-order chi connectivity index (χ0) is 32.9. The summed E-state index contributed by atoms with van der Waals surface area (Å²) in [6.45, 7) is 0.560. The number of aliphatic hydroxyl groups is 3. The zero-order valence-corrected chi connectivity index (χ0v) is 25.5. The Morgan fingerprint density at radius 1 is 1.11 bits per heavy atom. The number of ether oxygens (including phenoxy) is 3. The van der Waals surface area contributed by atoms with Crippen LogP contribution in [0.25, 0.3) is 0 Å². The fraction of sp³-hybridized carbons (Fsp3) is 0.444. The van der Waals surface area contributed by atoms with Gasteiger partial charge in [0.25, 0.3) is 0 Å². The molecule has 0 aromatic heterocycles. The fourth-order valence-electron chi connectivity index (χ4n) is 5.75. The molecular weight excluding hydrogens is 645 g/mol. The molecule has 18 heteroatoms. The van der Waals surface area contributed by atoms with Gasteiger partial charge in [-0.2, -0.15) is 0 Å². The van der Waals surface area contributed by atoms with E-state index in [0.29, 0.717) is 0 Å². The summed E-state index contributed by atoms with van der Waals surface area (Å²) in [6.07, 6.45) is -5.12. The first-order valence-corrected chi connectivity index (χ1v) is 14.8. The molecule has 248 valence electrons. The van der Waals surface area contributed by atoms with Crippen LogP contribution in [-0.2, 0) is 25.3 Å². The van der Waals surface area contributed by atoms with Crippen molar-refractivity contribution >= 4 is 37.6 Å². The maximum atomic E-state index is 13.6. The van der Waals surface area contributed by atoms with Crippen molar-refractivity contribution in [3.8, 4) is 17.2 Å². The van der Waals surface area contributed by atoms with Gasteiger partial charge in [-0.15, -0.1) is 12.4 Å². The zero-order valence-electron chi connectivity index (χ0n) is 23.8. The number of hydrogen-bond acceptors (Lipinski definition) is 13. The number of phenols is 2. The molecule has 2 aliphatic carbocycles. The number of nitrogens with two attached hydrogens (primary N) is 1. The van der Waals surface area contributed by atoms with Crippen LogP contribution in [0.1, 0.15) is 68.8 Å². The largest absolute Gasteiger partial charge is 0.507 e. The van der Waals surface area contributed by atoms with Crippen molar-refractivity contribution in [2.45, 2.75) is 62.4 Å². The highest BCUT2D eigenvalue weighted by Gasteiger charge is 2.50. The normalized spacial score (nSPS) is 27.2. The third-order valence-corrected chi connectivity index (χ3v) is 7.81. The van der Waals surface area contributed by atoms with E-state index in [1.807, 2.05) is 0 Å². The summed E-state index contributed by atoms with van der Waals surface area (Å²) in [5, 5.41) is 53.7. The molecule has 16 nitrogen and oxygen atoms in total. The molecule has 0 bridgehead atoms. The van der Waals surface area contributed by atoms with Crippen LogP contribution in [0.15, 0.2) is 18.2 Å². The number of phosphoric acid groups is 1. The highest BCUT2D eigenvalue weighted by molar-refractivity contribution is 7.45. The van der Waals surface area contributed by atoms with Crippen molar-refractivity contribution in [3.05, 3.63) is 51.6 Å². The van der Waals surface area contributed by atoms with Gasteiger partial charge in [0.2, 0.25) is 5.78 Å². The van der Waals surface area contributed by atoms with Crippen molar-refractivity contribution in [1.29, 1.82) is 0 Å². The molecule has 0 unspecified atom stereocenters. The Morgan fingerprint density at radius 2 is 1.71 bits per heavy atom. The van der Waals surface area contributed by atoms with Gasteiger partial charge < -0.3 is 60.2 Å². The minimum absolute atomic E-state index is 0. The van der Waals surface area contributed by atoms with Gasteiger partial charge in [-0.25, -0.2) is 4.57 Å². The number of fused-ring (bicyclic) bond motifs is 3. The quantitative estimate of drug-likeness (QED) is 0.121. The van der Waals surface area contributed by atoms with E-state index in [-0.39, 0.29) is 46.8 Å². The number of hydrogen-bond donors (Lipinski definition) is 9. The minimum atomic E-state index is -4.64. The Hall–Kier alpha value is -2.99. The number of methoxy groups -OCH3 is 1. The van der Waals surface area contributed by atoms with Crippen LogP contribution in [0.3, 0.4) is 0 Å². The number of aliphatic hydroxyl groups excluding tert-OH is 2. The highest BCUT2D eigenvalue weighted by Crippen LogP contribution is 2.52. The number of carbonyl (C=O) groups excluding carboxylic acids is 3. The summed E-state index contributed by atoms with van der Waals surface area (Å²) in [5.74, 6) is -3.77. The SMILES string of the molecule is COc1cccc2c1C(=O)c1c(O)c3c(c(O)c1C2=O)C[C@@](O)(C(=O)CO)C[C@@H]3O[C@H]1C[C@H](N)[C@H](O)[C@H](C)O1.Cl.O=P(O)(O)O. The molecule has 2 aromatic rings. The number of benzene rings is 2. The number of aromatic hydroxyl groups is 2. The molecule has 45 heavy (non-hydrogen) atoms. The van der Waals surface area contributed by atoms with Crippen molar-refractivity contribution in [2.75, 3.05) is 13.7 Å². The van der Waals surface area contributed by atoms with Crippen LogP contribution in [0.4, 0.5) is 0 Å². The molecule has 6 atom stereocenters. The first-order chi connectivity index (χ1) is 20.4. The van der Waals surface area contributed by atoms with Gasteiger partial charge in [0, 0.05) is 42.0 Å². The van der Waals surface area contributed by atoms with Gasteiger partial charge in [-0.1, -0.05) is 12.1 Å². The summed E-state index contributed by atoms with van der Waals surface area (Å²) >= 11 is 0. The van der Waals surface area contributed by atoms with E-state index in [1.165, 1.54) is 25.3 Å². The van der Waals surface area contributed by atoms with E-state index < -0.39 is 103 Å². The van der Waals surface area contributed by atoms with Crippen molar-refractivity contribution in [2.24, 2.45) is 5.73 Å². The van der Waals surface area contributed by atoms with E-state index in [4.69, 9.17) is 39.2 Å². The second-order valence-corrected chi connectivity index (χ2v) is 11.7. The number of phenolic OH excluding ortho intramolecular Hbond substituents is 2. The third-order valence-electron chi connectivity index (χ3n) is 7.81. The molecule has 3 aliphatic rings. The molecular formula is C27H33ClNO15P. The fourth-order valence-corrected chi connectivity index (χ4v) is 5.75. The molecule has 1 saturated heterocycles. The van der Waals surface area contributed by atoms with Gasteiger partial charge in [0.05, 0.1) is 42.1 Å². The van der Waals surface area contributed by atoms with E-state index in [1.54, 1.807) is 6.92 Å². The predicted octanol–water partition coefficient (Wildman–Crippen LogP) is -0.506. The second-order valence-electron chi connectivity index (χ2n) is 10.7. The monoisotopic (exact) mass is 677 g/mol. The first kappa shape index (κ1) is 36.5. The van der Waals surface area contributed by atoms with Crippen LogP contribution in [0.2, 0.25) is 0 Å². The van der Waals surface area contributed by atoms with Crippen LogP contribution in [-0.4, -0.2) is 101 Å². The van der Waals surface area contributed by atoms with E-state index in [9.17, 15) is 39.9 Å². The molecule has 0 spiro atoms. The van der Waals surface area contributed by atoms with E-state index >= 15 is 0 Å². The summed E-state index contributed by atoms with van der Waals surface area (Å²) in [6, 6.07) is 3.64. The lowest BCUT2D eigenvalue weighted by molar-refractivity contribution is -0.247. The van der Waals surface area contributed by atoms with Crippen LogP contribution < -0.4 is 10.5 Å². The first-order valence-electron chi connectivity index (χ1n) is 13.2. The molecule has 0 amide bonds. The Bertz CT molecular complexity index is 1540. The molecule has 2 aromatic carbocycles. The topological polar surface area (TPSA) is 284 Å². The van der Waals surface area contributed by atoms with Crippen molar-refractivity contribution in [3.63, 3.8) is 0 Å². The molecule has 1 heterocycles. The van der Waals surface area contributed by atoms with E-state index in [2.05, 4.69) is 0 Å². The molecule has 5 rings (SSSR count). The van der Waals surface area contributed by atoms with Crippen LogP contribution in [0, 0.1) is 0 Å². The van der Waals surface area contributed by atoms with E-state index in [0.717, 1.165) is 0 Å². The Morgan fingerprint density at radius 3 is 2.27 bits per heavy atom. The van der Waals surface area contributed by atoms with Crippen molar-refractivity contribution < 1.29 is 73.4 Å². The number of ketones is 3. The minimum Gasteiger partial charge on any atom is -0.507 e. The molecule has 1 fully saturated rings. The lowest BCUT2D eigenvalue weighted by Crippen LogP contribution is -2.53. The average molecular weight is 678 g/mol. The predicted molar refractivity (Wildman–Crippen MR) is 153 cm³/mol. The maximum absolute atomic E-state index is 13.6. The molecule has 1 aliphatic heterocycles. The Balaban J connectivity index is 0.000000854. The average Bonchev–Trinajstić information content (AvgIpc) is 2.94. The van der Waals surface area contributed by atoms with Crippen LogP contribution >= 0.6 is 20.2 Å². The van der Waals surface area contributed by atoms with Crippen molar-refractivity contribution in [1.82, 2.24) is 0 Å². The standard InChI is InChI=1S/C27H29NO11.ClH.H3O4P/c1-10-22(31)13(28)6-17(38-10)39-15-8-27(36,16(30)9-29)7-12-19(15)26(35)21-20(24(12)33)23(32)11-4-3-5-14(37-2)18(11)25(21)34;;1-5(2,3)4/h3-5,10,13,15,17,22,29,31,33,35-36H,6-9,28H2,1-2H3;1H;(H3,1,2,3,4)/t10-,13-,15-,17-,22+,27-;;/m0../s1. The Kier molecular flexibility index (Phi) is 10.9. The lowest BCUT2D eigenvalue weighted by Gasteiger charge is -2.42. The summed E-state index contributed by atoms with van der Waals surface area (Å²) in [4.78, 5) is 61.3. The summed E-state index contributed by atoms with van der Waals surface area (Å²) < 4.78 is 25.9. The number of carbonyl (C=O) groups is 3. The third kappa shape index (κ3) is 6.91.